The minimum atomic E-state index is 0.812. The van der Waals surface area contributed by atoms with Crippen LogP contribution >= 0.6 is 0 Å². The largest absolute Gasteiger partial charge is 0.385 e. The lowest BCUT2D eigenvalue weighted by molar-refractivity contribution is 0.161. The smallest absolute Gasteiger partial charge is 0.0465 e. The van der Waals surface area contributed by atoms with Crippen molar-refractivity contribution in [3.8, 4) is 0 Å². The van der Waals surface area contributed by atoms with Crippen LogP contribution in [0.2, 0.25) is 0 Å². The van der Waals surface area contributed by atoms with Crippen LogP contribution in [0.3, 0.4) is 0 Å². The van der Waals surface area contributed by atoms with Crippen molar-refractivity contribution < 1.29 is 4.74 Å². The van der Waals surface area contributed by atoms with Gasteiger partial charge < -0.3 is 4.74 Å². The number of methoxy groups -OCH3 is 1. The maximum absolute atomic E-state index is 5.10. The third-order valence-electron chi connectivity index (χ3n) is 2.56. The molecule has 0 saturated carbocycles. The Hall–Kier alpha value is -0.0400. The summed E-state index contributed by atoms with van der Waals surface area (Å²) in [6, 6.07) is 0. The van der Waals surface area contributed by atoms with Gasteiger partial charge in [0.05, 0.1) is 0 Å². The molecule has 12 heavy (non-hydrogen) atoms. The molecule has 0 aliphatic rings. The van der Waals surface area contributed by atoms with Gasteiger partial charge in [-0.25, -0.2) is 0 Å². The molecule has 0 N–H and O–H groups in total. The highest BCUT2D eigenvalue weighted by molar-refractivity contribution is 4.62. The summed E-state index contributed by atoms with van der Waals surface area (Å²) >= 11 is 0. The molecule has 74 valence electrons. The molecule has 0 bridgehead atoms. The zero-order valence-electron chi connectivity index (χ0n) is 9.10. The van der Waals surface area contributed by atoms with Gasteiger partial charge in [0.25, 0.3) is 0 Å². The molecule has 0 fully saturated rings. The predicted molar refractivity (Wildman–Crippen MR) is 54.3 cm³/mol. The Labute approximate surface area is 77.5 Å². The summed E-state index contributed by atoms with van der Waals surface area (Å²) in [6.45, 7) is 7.81. The second kappa shape index (κ2) is 7.60. The lowest BCUT2D eigenvalue weighted by atomic mass is 9.88. The highest BCUT2D eigenvalue weighted by atomic mass is 16.5. The van der Waals surface area contributed by atoms with E-state index in [9.17, 15) is 0 Å². The second-order valence-electron chi connectivity index (χ2n) is 3.93. The first-order valence-corrected chi connectivity index (χ1v) is 5.21. The highest BCUT2D eigenvalue weighted by Gasteiger charge is 2.11. The van der Waals surface area contributed by atoms with Gasteiger partial charge in [0.2, 0.25) is 0 Å². The van der Waals surface area contributed by atoms with E-state index in [1.54, 1.807) is 7.11 Å². The third-order valence-corrected chi connectivity index (χ3v) is 2.56. The van der Waals surface area contributed by atoms with Crippen LogP contribution in [0, 0.1) is 11.8 Å². The first kappa shape index (κ1) is 12.0. The van der Waals surface area contributed by atoms with Gasteiger partial charge in [-0.05, 0) is 18.3 Å². The third kappa shape index (κ3) is 5.59. The molecule has 0 rings (SSSR count). The Balaban J connectivity index is 3.55. The second-order valence-corrected chi connectivity index (χ2v) is 3.93. The van der Waals surface area contributed by atoms with Crippen LogP contribution in [0.1, 0.15) is 46.5 Å². The van der Waals surface area contributed by atoms with Gasteiger partial charge in [0, 0.05) is 13.7 Å². The maximum Gasteiger partial charge on any atom is 0.0465 e. The molecule has 0 spiro atoms. The molecular weight excluding hydrogens is 148 g/mol. The van der Waals surface area contributed by atoms with Crippen molar-refractivity contribution in [3.63, 3.8) is 0 Å². The Morgan fingerprint density at radius 3 is 2.25 bits per heavy atom. The molecule has 0 radical (unpaired) electrons. The zero-order chi connectivity index (χ0) is 9.40. The van der Waals surface area contributed by atoms with Crippen LogP contribution in [0.4, 0.5) is 0 Å². The normalized spacial score (nSPS) is 13.8. The number of hydrogen-bond acceptors (Lipinski definition) is 1. The molecule has 1 atom stereocenters. The molecular formula is C11H24O. The van der Waals surface area contributed by atoms with Gasteiger partial charge >= 0.3 is 0 Å². The van der Waals surface area contributed by atoms with Crippen molar-refractivity contribution >= 4 is 0 Å². The highest BCUT2D eigenvalue weighted by Crippen LogP contribution is 2.21. The fraction of sp³-hybridized carbons (Fsp3) is 1.00. The van der Waals surface area contributed by atoms with E-state index in [0.29, 0.717) is 0 Å². The van der Waals surface area contributed by atoms with Gasteiger partial charge in [-0.15, -0.1) is 0 Å². The minimum Gasteiger partial charge on any atom is -0.385 e. The lowest BCUT2D eigenvalue weighted by Gasteiger charge is -2.19. The summed E-state index contributed by atoms with van der Waals surface area (Å²) in [5.41, 5.74) is 0. The van der Waals surface area contributed by atoms with E-state index in [1.807, 2.05) is 0 Å². The van der Waals surface area contributed by atoms with Crippen LogP contribution < -0.4 is 0 Å². The molecule has 0 amide bonds. The molecule has 0 aliphatic carbocycles. The van der Waals surface area contributed by atoms with E-state index in [4.69, 9.17) is 4.74 Å². The summed E-state index contributed by atoms with van der Waals surface area (Å²) < 4.78 is 5.10. The number of hydrogen-bond donors (Lipinski definition) is 0. The molecule has 0 unspecified atom stereocenters. The van der Waals surface area contributed by atoms with Crippen molar-refractivity contribution in [2.24, 2.45) is 11.8 Å². The predicted octanol–water partition coefficient (Wildman–Crippen LogP) is 3.49. The van der Waals surface area contributed by atoms with Crippen LogP contribution in [0.5, 0.6) is 0 Å². The molecule has 0 heterocycles. The first-order chi connectivity index (χ1) is 5.72. The van der Waals surface area contributed by atoms with E-state index in [0.717, 1.165) is 18.4 Å². The summed E-state index contributed by atoms with van der Waals surface area (Å²) in [7, 11) is 1.79. The molecule has 0 aromatic rings. The van der Waals surface area contributed by atoms with Gasteiger partial charge in [-0.1, -0.05) is 40.0 Å². The summed E-state index contributed by atoms with van der Waals surface area (Å²) in [5, 5.41) is 0. The summed E-state index contributed by atoms with van der Waals surface area (Å²) in [4.78, 5) is 0. The fourth-order valence-electron chi connectivity index (χ4n) is 1.55. The Bertz CT molecular complexity index is 81.0. The van der Waals surface area contributed by atoms with Gasteiger partial charge in [-0.2, -0.15) is 0 Å². The molecule has 0 aromatic heterocycles. The number of ether oxygens (including phenoxy) is 1. The van der Waals surface area contributed by atoms with E-state index < -0.39 is 0 Å². The summed E-state index contributed by atoms with van der Waals surface area (Å²) in [6.07, 6.45) is 5.29. The molecule has 0 aliphatic heterocycles. The van der Waals surface area contributed by atoms with Gasteiger partial charge in [0.15, 0.2) is 0 Å². The van der Waals surface area contributed by atoms with E-state index in [1.165, 1.54) is 25.7 Å². The van der Waals surface area contributed by atoms with Crippen molar-refractivity contribution in [1.29, 1.82) is 0 Å². The van der Waals surface area contributed by atoms with Crippen LogP contribution in [0.15, 0.2) is 0 Å². The average Bonchev–Trinajstić information content (AvgIpc) is 2.04. The van der Waals surface area contributed by atoms with Crippen LogP contribution in [-0.2, 0) is 4.74 Å². The zero-order valence-corrected chi connectivity index (χ0v) is 9.10. The van der Waals surface area contributed by atoms with E-state index in [-0.39, 0.29) is 0 Å². The van der Waals surface area contributed by atoms with Gasteiger partial charge in [-0.3, -0.25) is 0 Å². The molecule has 0 aromatic carbocycles. The maximum atomic E-state index is 5.10. The van der Waals surface area contributed by atoms with Crippen molar-refractivity contribution in [2.45, 2.75) is 46.5 Å². The average molecular weight is 172 g/mol. The molecule has 1 nitrogen and oxygen atoms in total. The van der Waals surface area contributed by atoms with Crippen LogP contribution in [-0.4, -0.2) is 13.7 Å². The topological polar surface area (TPSA) is 9.23 Å². The monoisotopic (exact) mass is 172 g/mol. The van der Waals surface area contributed by atoms with Crippen molar-refractivity contribution in [3.05, 3.63) is 0 Å². The molecule has 0 saturated heterocycles. The Morgan fingerprint density at radius 2 is 1.83 bits per heavy atom. The van der Waals surface area contributed by atoms with Crippen LogP contribution in [0.25, 0.3) is 0 Å². The van der Waals surface area contributed by atoms with E-state index >= 15 is 0 Å². The Morgan fingerprint density at radius 1 is 1.17 bits per heavy atom. The quantitative estimate of drug-likeness (QED) is 0.571. The van der Waals surface area contributed by atoms with Gasteiger partial charge in [0.1, 0.15) is 0 Å². The summed E-state index contributed by atoms with van der Waals surface area (Å²) in [5.74, 6) is 1.68. The lowest BCUT2D eigenvalue weighted by Crippen LogP contribution is -2.11. The van der Waals surface area contributed by atoms with Crippen molar-refractivity contribution in [1.82, 2.24) is 0 Å². The number of rotatable bonds is 7. The first-order valence-electron chi connectivity index (χ1n) is 5.21. The molecule has 1 heteroatoms. The Kier molecular flexibility index (Phi) is 7.58. The van der Waals surface area contributed by atoms with E-state index in [2.05, 4.69) is 20.8 Å². The fourth-order valence-corrected chi connectivity index (χ4v) is 1.55. The standard InChI is InChI=1S/C11H24O/c1-5-6-7-11(10(2)3)8-9-12-4/h10-11H,5-9H2,1-4H3/t11-/m0/s1. The minimum absolute atomic E-state index is 0.812. The number of unbranched alkanes of at least 4 members (excludes halogenated alkanes) is 1. The SMILES string of the molecule is CCCC[C@@H](CCOC)C(C)C. The van der Waals surface area contributed by atoms with Crippen molar-refractivity contribution in [2.75, 3.05) is 13.7 Å².